The summed E-state index contributed by atoms with van der Waals surface area (Å²) in [6, 6.07) is 0.106. The number of thiol groups is 1. The third-order valence-corrected chi connectivity index (χ3v) is 4.24. The maximum absolute atomic E-state index is 12.0. The molecule has 0 spiro atoms. The lowest BCUT2D eigenvalue weighted by atomic mass is 10.0. The average Bonchev–Trinajstić information content (AvgIpc) is 2.08. The van der Waals surface area contributed by atoms with Crippen LogP contribution in [0, 0.1) is 5.92 Å². The predicted molar refractivity (Wildman–Crippen MR) is 63.8 cm³/mol. The molecule has 0 radical (unpaired) electrons. The summed E-state index contributed by atoms with van der Waals surface area (Å²) in [5, 5.41) is 0. The van der Waals surface area contributed by atoms with Gasteiger partial charge in [-0.2, -0.15) is 0 Å². The van der Waals surface area contributed by atoms with Gasteiger partial charge in [-0.05, 0) is 18.4 Å². The number of carbonyl (C=O) groups is 1. The molecule has 0 aromatic rings. The van der Waals surface area contributed by atoms with Gasteiger partial charge in [0.1, 0.15) is 0 Å². The van der Waals surface area contributed by atoms with Crippen LogP contribution in [0.2, 0.25) is 0 Å². The quantitative estimate of drug-likeness (QED) is 0.698. The highest BCUT2D eigenvalue weighted by Gasteiger charge is 2.35. The molecule has 0 aromatic carbocycles. The van der Waals surface area contributed by atoms with E-state index in [-0.39, 0.29) is 17.1 Å². The minimum Gasteiger partial charge on any atom is -0.343 e. The van der Waals surface area contributed by atoms with E-state index in [0.29, 0.717) is 11.8 Å². The molecule has 0 aliphatic carbocycles. The smallest absolute Gasteiger partial charge is 0.240 e. The standard InChI is InChI=1S/C10H22N2OS/c1-8(2)9-10(13)11(3)6-7-12(9)14(4)5/h8-9,14H,6-7H2,1-5H3. The van der Waals surface area contributed by atoms with E-state index in [1.807, 2.05) is 11.9 Å². The van der Waals surface area contributed by atoms with Crippen molar-refractivity contribution in [2.75, 3.05) is 32.6 Å². The molecule has 1 saturated heterocycles. The first kappa shape index (κ1) is 11.9. The number of carbonyl (C=O) groups excluding carboxylic acids is 1. The third kappa shape index (κ3) is 2.23. The van der Waals surface area contributed by atoms with Gasteiger partial charge in [0, 0.05) is 20.1 Å². The van der Waals surface area contributed by atoms with Crippen LogP contribution in [0.25, 0.3) is 0 Å². The normalized spacial score (nSPS) is 25.9. The fourth-order valence-electron chi connectivity index (χ4n) is 1.93. The van der Waals surface area contributed by atoms with E-state index in [9.17, 15) is 4.79 Å². The van der Waals surface area contributed by atoms with Crippen molar-refractivity contribution in [1.29, 1.82) is 0 Å². The van der Waals surface area contributed by atoms with Crippen molar-refractivity contribution in [1.82, 2.24) is 9.21 Å². The Hall–Kier alpha value is -0.220. The fraction of sp³-hybridized carbons (Fsp3) is 0.900. The Bertz CT molecular complexity index is 218. The Morgan fingerprint density at radius 1 is 1.36 bits per heavy atom. The number of piperazine rings is 1. The van der Waals surface area contributed by atoms with Gasteiger partial charge < -0.3 is 4.90 Å². The lowest BCUT2D eigenvalue weighted by Gasteiger charge is -2.44. The Morgan fingerprint density at radius 2 is 1.93 bits per heavy atom. The van der Waals surface area contributed by atoms with Crippen LogP contribution >= 0.6 is 11.1 Å². The van der Waals surface area contributed by atoms with Gasteiger partial charge >= 0.3 is 0 Å². The zero-order valence-corrected chi connectivity index (χ0v) is 10.7. The molecule has 1 fully saturated rings. The van der Waals surface area contributed by atoms with Crippen LogP contribution in [-0.4, -0.2) is 53.8 Å². The first-order chi connectivity index (χ1) is 6.45. The molecule has 1 rings (SSSR count). The summed E-state index contributed by atoms with van der Waals surface area (Å²) < 4.78 is 2.38. The zero-order valence-electron chi connectivity index (χ0n) is 9.82. The molecule has 4 heteroatoms. The molecule has 0 bridgehead atoms. The summed E-state index contributed by atoms with van der Waals surface area (Å²) in [6.45, 7) is 6.17. The number of hydrogen-bond acceptors (Lipinski definition) is 2. The molecule has 84 valence electrons. The molecule has 1 atom stereocenters. The molecular weight excluding hydrogens is 196 g/mol. The molecule has 1 aliphatic rings. The topological polar surface area (TPSA) is 23.6 Å². The van der Waals surface area contributed by atoms with Gasteiger partial charge in [0.15, 0.2) is 0 Å². The second-order valence-electron chi connectivity index (χ2n) is 4.46. The molecule has 1 amide bonds. The minimum absolute atomic E-state index is 0.106. The largest absolute Gasteiger partial charge is 0.343 e. The summed E-state index contributed by atoms with van der Waals surface area (Å²) in [5.74, 6) is 0.706. The highest BCUT2D eigenvalue weighted by molar-refractivity contribution is 8.13. The van der Waals surface area contributed by atoms with E-state index in [4.69, 9.17) is 0 Å². The molecule has 1 aliphatic heterocycles. The van der Waals surface area contributed by atoms with E-state index in [0.717, 1.165) is 13.1 Å². The Kier molecular flexibility index (Phi) is 3.84. The highest BCUT2D eigenvalue weighted by Crippen LogP contribution is 2.30. The van der Waals surface area contributed by atoms with Gasteiger partial charge in [0.25, 0.3) is 0 Å². The summed E-state index contributed by atoms with van der Waals surface area (Å²) in [6.07, 6.45) is 4.45. The second-order valence-corrected chi connectivity index (χ2v) is 6.67. The number of rotatable bonds is 2. The SMILES string of the molecule is CC(C)C1C(=O)N(C)CCN1[SH](C)C. The third-order valence-electron chi connectivity index (χ3n) is 2.76. The van der Waals surface area contributed by atoms with Crippen molar-refractivity contribution in [2.24, 2.45) is 5.92 Å². The van der Waals surface area contributed by atoms with Crippen LogP contribution in [0.3, 0.4) is 0 Å². The number of hydrogen-bond donors (Lipinski definition) is 1. The molecule has 14 heavy (non-hydrogen) atoms. The Balaban J connectivity index is 2.82. The average molecular weight is 218 g/mol. The molecule has 1 heterocycles. The first-order valence-electron chi connectivity index (χ1n) is 5.14. The van der Waals surface area contributed by atoms with Gasteiger partial charge in [-0.1, -0.05) is 13.8 Å². The monoisotopic (exact) mass is 218 g/mol. The minimum atomic E-state index is -0.150. The van der Waals surface area contributed by atoms with Crippen LogP contribution < -0.4 is 0 Å². The van der Waals surface area contributed by atoms with Crippen molar-refractivity contribution >= 4 is 17.0 Å². The van der Waals surface area contributed by atoms with Crippen LogP contribution in [0.4, 0.5) is 0 Å². The van der Waals surface area contributed by atoms with Gasteiger partial charge in [-0.3, -0.25) is 9.10 Å². The predicted octanol–water partition coefficient (Wildman–Crippen LogP) is 0.961. The molecule has 3 nitrogen and oxygen atoms in total. The van der Waals surface area contributed by atoms with Gasteiger partial charge in [0.2, 0.25) is 5.91 Å². The van der Waals surface area contributed by atoms with E-state index >= 15 is 0 Å². The lowest BCUT2D eigenvalue weighted by Crippen LogP contribution is -2.56. The second kappa shape index (κ2) is 4.53. The van der Waals surface area contributed by atoms with Crippen LogP contribution in [-0.2, 0) is 4.79 Å². The lowest BCUT2D eigenvalue weighted by molar-refractivity contribution is -0.138. The van der Waals surface area contributed by atoms with Crippen LogP contribution in [0.5, 0.6) is 0 Å². The van der Waals surface area contributed by atoms with E-state index in [1.54, 1.807) is 0 Å². The maximum atomic E-state index is 12.0. The number of amides is 1. The zero-order chi connectivity index (χ0) is 10.9. The van der Waals surface area contributed by atoms with Crippen molar-refractivity contribution in [3.8, 4) is 0 Å². The van der Waals surface area contributed by atoms with Crippen molar-refractivity contribution in [3.63, 3.8) is 0 Å². The fourth-order valence-corrected chi connectivity index (χ4v) is 3.29. The summed E-state index contributed by atoms with van der Waals surface area (Å²) >= 11 is -0.150. The van der Waals surface area contributed by atoms with Crippen molar-refractivity contribution < 1.29 is 4.79 Å². The van der Waals surface area contributed by atoms with Crippen LogP contribution in [0.1, 0.15) is 13.8 Å². The van der Waals surface area contributed by atoms with E-state index in [2.05, 4.69) is 30.7 Å². The number of likely N-dealkylation sites (N-methyl/N-ethyl adjacent to an activating group) is 1. The first-order valence-corrected chi connectivity index (χ1v) is 7.33. The Labute approximate surface area is 89.9 Å². The molecule has 1 unspecified atom stereocenters. The Morgan fingerprint density at radius 3 is 2.36 bits per heavy atom. The summed E-state index contributed by atoms with van der Waals surface area (Å²) in [5.41, 5.74) is 0. The molecule has 0 aromatic heterocycles. The highest BCUT2D eigenvalue weighted by atomic mass is 32.2. The van der Waals surface area contributed by atoms with Gasteiger partial charge in [-0.15, -0.1) is 0 Å². The van der Waals surface area contributed by atoms with Crippen molar-refractivity contribution in [2.45, 2.75) is 19.9 Å². The molecule has 0 saturated carbocycles. The van der Waals surface area contributed by atoms with Crippen LogP contribution in [0.15, 0.2) is 0 Å². The summed E-state index contributed by atoms with van der Waals surface area (Å²) in [4.78, 5) is 13.8. The molecular formula is C10H22N2OS. The molecule has 0 N–H and O–H groups in total. The maximum Gasteiger partial charge on any atom is 0.240 e. The van der Waals surface area contributed by atoms with E-state index < -0.39 is 0 Å². The van der Waals surface area contributed by atoms with Gasteiger partial charge in [0.05, 0.1) is 6.04 Å². The summed E-state index contributed by atoms with van der Waals surface area (Å²) in [7, 11) is 1.91. The van der Waals surface area contributed by atoms with E-state index in [1.165, 1.54) is 0 Å². The van der Waals surface area contributed by atoms with Gasteiger partial charge in [-0.25, -0.2) is 11.1 Å². The van der Waals surface area contributed by atoms with Crippen molar-refractivity contribution in [3.05, 3.63) is 0 Å². The number of nitrogens with zero attached hydrogens (tertiary/aromatic N) is 2.